The number of thiocarbonyl (C=S) groups is 1. The van der Waals surface area contributed by atoms with Crippen LogP contribution >= 0.6 is 23.8 Å². The lowest BCUT2D eigenvalue weighted by Gasteiger charge is -2.11. The number of halogens is 1. The van der Waals surface area contributed by atoms with Crippen molar-refractivity contribution in [2.45, 2.75) is 18.3 Å². The second kappa shape index (κ2) is 3.82. The van der Waals surface area contributed by atoms with Crippen LogP contribution in [0.2, 0.25) is 5.02 Å². The van der Waals surface area contributed by atoms with Crippen LogP contribution < -0.4 is 0 Å². The summed E-state index contributed by atoms with van der Waals surface area (Å²) in [6.07, 6.45) is 2.38. The number of benzene rings is 1. The topological polar surface area (TPSA) is 12.4 Å². The molecule has 0 aliphatic heterocycles. The molecule has 0 saturated heterocycles. The van der Waals surface area contributed by atoms with Gasteiger partial charge in [-0.3, -0.25) is 0 Å². The molecule has 1 aliphatic rings. The van der Waals surface area contributed by atoms with Crippen LogP contribution in [0, 0.1) is 0 Å². The van der Waals surface area contributed by atoms with Gasteiger partial charge >= 0.3 is 0 Å². The van der Waals surface area contributed by atoms with Crippen molar-refractivity contribution in [1.29, 1.82) is 0 Å². The highest BCUT2D eigenvalue weighted by atomic mass is 35.5. The van der Waals surface area contributed by atoms with Crippen LogP contribution in [0.1, 0.15) is 18.4 Å². The van der Waals surface area contributed by atoms with Gasteiger partial charge in [0.05, 0.1) is 11.7 Å². The first kappa shape index (κ1) is 9.85. The van der Waals surface area contributed by atoms with Crippen molar-refractivity contribution in [2.75, 3.05) is 6.54 Å². The molecular weight excluding hydrogens is 214 g/mol. The number of hydrogen-bond donors (Lipinski definition) is 0. The molecule has 2 rings (SSSR count). The van der Waals surface area contributed by atoms with E-state index in [1.807, 2.05) is 12.1 Å². The molecule has 1 fully saturated rings. The highest BCUT2D eigenvalue weighted by Gasteiger charge is 2.43. The van der Waals surface area contributed by atoms with E-state index in [2.05, 4.69) is 34.5 Å². The fraction of sp³-hybridized carbons (Fsp3) is 0.364. The quantitative estimate of drug-likeness (QED) is 0.565. The maximum Gasteiger partial charge on any atom is 0.0589 e. The molecule has 1 saturated carbocycles. The minimum atomic E-state index is 0.233. The van der Waals surface area contributed by atoms with E-state index < -0.39 is 0 Å². The van der Waals surface area contributed by atoms with E-state index in [9.17, 15) is 0 Å². The molecule has 0 N–H and O–H groups in total. The minimum Gasteiger partial charge on any atom is -0.232 e. The standard InChI is InChI=1S/C11H10ClNS/c12-10-3-1-9(2-4-10)11(5-6-11)7-13-8-14/h1-4H,5-7H2. The summed E-state index contributed by atoms with van der Waals surface area (Å²) in [5, 5.41) is 3.21. The van der Waals surface area contributed by atoms with E-state index in [4.69, 9.17) is 11.6 Å². The lowest BCUT2D eigenvalue weighted by molar-refractivity contribution is 0.709. The molecule has 0 aromatic heterocycles. The van der Waals surface area contributed by atoms with Crippen molar-refractivity contribution < 1.29 is 0 Å². The number of isothiocyanates is 1. The van der Waals surface area contributed by atoms with Gasteiger partial charge in [0.25, 0.3) is 0 Å². The molecule has 3 heteroatoms. The van der Waals surface area contributed by atoms with Gasteiger partial charge in [-0.05, 0) is 42.8 Å². The predicted octanol–water partition coefficient (Wildman–Crippen LogP) is 3.47. The SMILES string of the molecule is S=C=NCC1(c2ccc(Cl)cc2)CC1. The maximum atomic E-state index is 5.83. The summed E-state index contributed by atoms with van der Waals surface area (Å²) in [6, 6.07) is 8.01. The van der Waals surface area contributed by atoms with E-state index in [0.29, 0.717) is 0 Å². The number of aliphatic imine (C=N–C) groups is 1. The monoisotopic (exact) mass is 223 g/mol. The third-order valence-electron chi connectivity index (χ3n) is 2.76. The Morgan fingerprint density at radius 3 is 2.50 bits per heavy atom. The Morgan fingerprint density at radius 2 is 2.00 bits per heavy atom. The van der Waals surface area contributed by atoms with Crippen LogP contribution in [-0.4, -0.2) is 11.7 Å². The summed E-state index contributed by atoms with van der Waals surface area (Å²) in [5.74, 6) is 0. The van der Waals surface area contributed by atoms with Gasteiger partial charge in [0, 0.05) is 10.4 Å². The fourth-order valence-corrected chi connectivity index (χ4v) is 1.87. The lowest BCUT2D eigenvalue weighted by Crippen LogP contribution is -2.10. The van der Waals surface area contributed by atoms with E-state index in [0.717, 1.165) is 11.6 Å². The van der Waals surface area contributed by atoms with Crippen LogP contribution in [0.5, 0.6) is 0 Å². The number of rotatable bonds is 3. The number of nitrogens with zero attached hydrogens (tertiary/aromatic N) is 1. The average Bonchev–Trinajstić information content (AvgIpc) is 2.97. The summed E-state index contributed by atoms with van der Waals surface area (Å²) < 4.78 is 0. The highest BCUT2D eigenvalue weighted by molar-refractivity contribution is 7.78. The third-order valence-corrected chi connectivity index (χ3v) is 3.14. The molecule has 0 amide bonds. The van der Waals surface area contributed by atoms with E-state index in [1.165, 1.54) is 18.4 Å². The van der Waals surface area contributed by atoms with E-state index in [-0.39, 0.29) is 5.41 Å². The summed E-state index contributed by atoms with van der Waals surface area (Å²) >= 11 is 10.4. The number of hydrogen-bond acceptors (Lipinski definition) is 2. The Morgan fingerprint density at radius 1 is 1.36 bits per heavy atom. The normalized spacial score (nSPS) is 17.2. The van der Waals surface area contributed by atoms with Gasteiger partial charge in [-0.25, -0.2) is 4.99 Å². The Hall–Kier alpha value is -0.690. The Labute approximate surface area is 93.8 Å². The van der Waals surface area contributed by atoms with Gasteiger partial charge in [0.2, 0.25) is 0 Å². The first-order chi connectivity index (χ1) is 6.77. The van der Waals surface area contributed by atoms with Crippen LogP contribution in [0.3, 0.4) is 0 Å². The second-order valence-electron chi connectivity index (χ2n) is 3.69. The lowest BCUT2D eigenvalue weighted by atomic mass is 9.96. The summed E-state index contributed by atoms with van der Waals surface area (Å²) in [7, 11) is 0. The molecule has 72 valence electrons. The van der Waals surface area contributed by atoms with Crippen molar-refractivity contribution in [1.82, 2.24) is 0 Å². The maximum absolute atomic E-state index is 5.83. The third kappa shape index (κ3) is 1.88. The Kier molecular flexibility index (Phi) is 2.69. The first-order valence-electron chi connectivity index (χ1n) is 4.56. The summed E-state index contributed by atoms with van der Waals surface area (Å²) in [6.45, 7) is 0.762. The van der Waals surface area contributed by atoms with E-state index in [1.54, 1.807) is 0 Å². The molecule has 0 atom stereocenters. The van der Waals surface area contributed by atoms with Gasteiger partial charge in [0.1, 0.15) is 0 Å². The molecule has 0 heterocycles. The molecule has 0 bridgehead atoms. The van der Waals surface area contributed by atoms with Crippen LogP contribution in [-0.2, 0) is 5.41 Å². The van der Waals surface area contributed by atoms with E-state index >= 15 is 0 Å². The minimum absolute atomic E-state index is 0.233. The molecule has 1 aromatic carbocycles. The molecule has 0 unspecified atom stereocenters. The van der Waals surface area contributed by atoms with Gasteiger partial charge in [-0.15, -0.1) is 0 Å². The fourth-order valence-electron chi connectivity index (χ4n) is 1.68. The van der Waals surface area contributed by atoms with Crippen molar-refractivity contribution in [3.63, 3.8) is 0 Å². The van der Waals surface area contributed by atoms with Crippen LogP contribution in [0.4, 0.5) is 0 Å². The van der Waals surface area contributed by atoms with Crippen molar-refractivity contribution in [2.24, 2.45) is 4.99 Å². The van der Waals surface area contributed by atoms with Gasteiger partial charge in [-0.2, -0.15) is 0 Å². The molecule has 1 nitrogen and oxygen atoms in total. The summed E-state index contributed by atoms with van der Waals surface area (Å²) in [5.41, 5.74) is 1.55. The Bertz CT molecular complexity index is 375. The van der Waals surface area contributed by atoms with Crippen LogP contribution in [0.25, 0.3) is 0 Å². The summed E-state index contributed by atoms with van der Waals surface area (Å²) in [4.78, 5) is 4.04. The molecule has 1 aliphatic carbocycles. The highest BCUT2D eigenvalue weighted by Crippen LogP contribution is 2.48. The zero-order valence-electron chi connectivity index (χ0n) is 7.66. The van der Waals surface area contributed by atoms with Crippen molar-refractivity contribution in [3.05, 3.63) is 34.9 Å². The smallest absolute Gasteiger partial charge is 0.0589 e. The molecule has 0 spiro atoms. The average molecular weight is 224 g/mol. The van der Waals surface area contributed by atoms with Crippen molar-refractivity contribution >= 4 is 29.0 Å². The van der Waals surface area contributed by atoms with Gasteiger partial charge < -0.3 is 0 Å². The molecule has 14 heavy (non-hydrogen) atoms. The molecule has 1 aromatic rings. The predicted molar refractivity (Wildman–Crippen MR) is 62.3 cm³/mol. The largest absolute Gasteiger partial charge is 0.232 e. The second-order valence-corrected chi connectivity index (χ2v) is 4.31. The molecular formula is C11H10ClNS. The molecule has 0 radical (unpaired) electrons. The first-order valence-corrected chi connectivity index (χ1v) is 5.35. The zero-order chi connectivity index (χ0) is 10.0. The zero-order valence-corrected chi connectivity index (χ0v) is 9.24. The van der Waals surface area contributed by atoms with Gasteiger partial charge in [-0.1, -0.05) is 23.7 Å². The van der Waals surface area contributed by atoms with Crippen LogP contribution in [0.15, 0.2) is 29.3 Å². The van der Waals surface area contributed by atoms with Crippen molar-refractivity contribution in [3.8, 4) is 0 Å². The van der Waals surface area contributed by atoms with Gasteiger partial charge in [0.15, 0.2) is 0 Å². The Balaban J connectivity index is 2.21.